The minimum Gasteiger partial charge on any atom is -0.469 e. The number of imidazole rings is 1. The van der Waals surface area contributed by atoms with Crippen LogP contribution in [-0.2, 0) is 14.1 Å². The van der Waals surface area contributed by atoms with Gasteiger partial charge in [0.25, 0.3) is 0 Å². The van der Waals surface area contributed by atoms with Crippen LogP contribution in [-0.4, -0.2) is 14.9 Å². The van der Waals surface area contributed by atoms with Crippen molar-refractivity contribution in [2.45, 2.75) is 6.92 Å². The Labute approximate surface area is 128 Å². The number of aryl methyl sites for hydroxylation is 3. The van der Waals surface area contributed by atoms with Crippen LogP contribution in [0.5, 0.6) is 0 Å². The molecule has 3 rings (SSSR count). The molecule has 0 saturated heterocycles. The number of carbonyl (C=O) groups is 1. The Morgan fingerprint density at radius 3 is 2.33 bits per heavy atom. The molecular formula is C15H13BrN2O3. The summed E-state index contributed by atoms with van der Waals surface area (Å²) in [4.78, 5) is 24.5. The van der Waals surface area contributed by atoms with Crippen molar-refractivity contribution in [3.63, 3.8) is 0 Å². The van der Waals surface area contributed by atoms with Gasteiger partial charge < -0.3 is 4.42 Å². The first-order chi connectivity index (χ1) is 9.90. The highest BCUT2D eigenvalue weighted by Gasteiger charge is 2.18. The van der Waals surface area contributed by atoms with Crippen LogP contribution < -0.4 is 5.69 Å². The molecule has 0 bridgehead atoms. The smallest absolute Gasteiger partial charge is 0.328 e. The van der Waals surface area contributed by atoms with E-state index in [9.17, 15) is 9.59 Å². The van der Waals surface area contributed by atoms with E-state index in [1.165, 1.54) is 10.8 Å². The molecule has 0 amide bonds. The lowest BCUT2D eigenvalue weighted by Crippen LogP contribution is -2.19. The molecule has 0 fully saturated rings. The predicted molar refractivity (Wildman–Crippen MR) is 82.7 cm³/mol. The number of halogens is 1. The Morgan fingerprint density at radius 1 is 1.14 bits per heavy atom. The van der Waals surface area contributed by atoms with E-state index in [1.807, 2.05) is 0 Å². The molecular weight excluding hydrogens is 336 g/mol. The molecule has 5 nitrogen and oxygen atoms in total. The number of ketones is 1. The maximum Gasteiger partial charge on any atom is 0.328 e. The quantitative estimate of drug-likeness (QED) is 0.669. The summed E-state index contributed by atoms with van der Waals surface area (Å²) in [5.74, 6) is 0.541. The third-order valence-electron chi connectivity index (χ3n) is 3.60. The summed E-state index contributed by atoms with van der Waals surface area (Å²) in [5, 5.41) is 0. The Hall–Kier alpha value is -2.08. The van der Waals surface area contributed by atoms with Gasteiger partial charge in [0.05, 0.1) is 16.6 Å². The van der Waals surface area contributed by atoms with Gasteiger partial charge in [0, 0.05) is 24.1 Å². The predicted octanol–water partition coefficient (Wildman–Crippen LogP) is 2.77. The van der Waals surface area contributed by atoms with Crippen molar-refractivity contribution in [2.24, 2.45) is 14.1 Å². The van der Waals surface area contributed by atoms with E-state index < -0.39 is 0 Å². The highest BCUT2D eigenvalue weighted by Crippen LogP contribution is 2.26. The molecule has 21 heavy (non-hydrogen) atoms. The molecule has 0 aliphatic carbocycles. The zero-order valence-electron chi connectivity index (χ0n) is 11.8. The van der Waals surface area contributed by atoms with E-state index in [0.717, 1.165) is 5.52 Å². The van der Waals surface area contributed by atoms with E-state index in [-0.39, 0.29) is 11.5 Å². The average Bonchev–Trinajstić information content (AvgIpc) is 2.97. The maximum absolute atomic E-state index is 12.5. The summed E-state index contributed by atoms with van der Waals surface area (Å²) in [6.45, 7) is 1.79. The van der Waals surface area contributed by atoms with E-state index in [0.29, 0.717) is 26.9 Å². The van der Waals surface area contributed by atoms with Crippen molar-refractivity contribution in [1.29, 1.82) is 0 Å². The zero-order chi connectivity index (χ0) is 15.3. The molecule has 2 heterocycles. The Kier molecular flexibility index (Phi) is 3.13. The van der Waals surface area contributed by atoms with Gasteiger partial charge in [-0.05, 0) is 41.1 Å². The largest absolute Gasteiger partial charge is 0.469 e. The topological polar surface area (TPSA) is 57.1 Å². The number of aromatic nitrogens is 2. The molecule has 3 aromatic rings. The van der Waals surface area contributed by atoms with Gasteiger partial charge in [-0.2, -0.15) is 0 Å². The van der Waals surface area contributed by atoms with Gasteiger partial charge in [0.2, 0.25) is 0 Å². The molecule has 0 radical (unpaired) electrons. The van der Waals surface area contributed by atoms with E-state index >= 15 is 0 Å². The molecule has 0 saturated carbocycles. The third kappa shape index (κ3) is 2.06. The van der Waals surface area contributed by atoms with Gasteiger partial charge in [-0.1, -0.05) is 0 Å². The van der Waals surface area contributed by atoms with Crippen LogP contribution in [0.3, 0.4) is 0 Å². The average molecular weight is 349 g/mol. The summed E-state index contributed by atoms with van der Waals surface area (Å²) in [6, 6.07) is 5.21. The van der Waals surface area contributed by atoms with Gasteiger partial charge >= 0.3 is 5.69 Å². The Bertz CT molecular complexity index is 930. The second-order valence-electron chi connectivity index (χ2n) is 5.00. The molecule has 0 spiro atoms. The number of hydrogen-bond acceptors (Lipinski definition) is 3. The highest BCUT2D eigenvalue weighted by molar-refractivity contribution is 9.10. The van der Waals surface area contributed by atoms with Crippen LogP contribution in [0.15, 0.2) is 38.1 Å². The molecule has 108 valence electrons. The summed E-state index contributed by atoms with van der Waals surface area (Å²) in [6.07, 6.45) is 1.44. The third-order valence-corrected chi connectivity index (χ3v) is 4.25. The number of benzene rings is 1. The number of hydrogen-bond donors (Lipinski definition) is 0. The second kappa shape index (κ2) is 4.73. The summed E-state index contributed by atoms with van der Waals surface area (Å²) in [7, 11) is 3.40. The lowest BCUT2D eigenvalue weighted by Gasteiger charge is -2.04. The minimum atomic E-state index is -0.142. The number of fused-ring (bicyclic) bond motifs is 1. The lowest BCUT2D eigenvalue weighted by molar-refractivity contribution is 0.103. The second-order valence-corrected chi connectivity index (χ2v) is 5.85. The number of rotatable bonds is 2. The normalized spacial score (nSPS) is 11.2. The van der Waals surface area contributed by atoms with E-state index in [2.05, 4.69) is 15.9 Å². The highest BCUT2D eigenvalue weighted by atomic mass is 79.9. The lowest BCUT2D eigenvalue weighted by atomic mass is 10.1. The Balaban J connectivity index is 2.24. The van der Waals surface area contributed by atoms with Gasteiger partial charge in [0.15, 0.2) is 5.78 Å². The van der Waals surface area contributed by atoms with Crippen LogP contribution in [0.2, 0.25) is 0 Å². The van der Waals surface area contributed by atoms with Crippen molar-refractivity contribution in [3.8, 4) is 0 Å². The van der Waals surface area contributed by atoms with E-state index in [4.69, 9.17) is 4.42 Å². The van der Waals surface area contributed by atoms with Gasteiger partial charge in [-0.3, -0.25) is 13.9 Å². The fourth-order valence-corrected chi connectivity index (χ4v) is 2.92. The van der Waals surface area contributed by atoms with Crippen molar-refractivity contribution in [3.05, 3.63) is 56.3 Å². The Morgan fingerprint density at radius 2 is 1.76 bits per heavy atom. The number of furan rings is 1. The van der Waals surface area contributed by atoms with E-state index in [1.54, 1.807) is 43.8 Å². The van der Waals surface area contributed by atoms with Crippen molar-refractivity contribution in [2.75, 3.05) is 0 Å². The molecule has 0 atom stereocenters. The van der Waals surface area contributed by atoms with Crippen LogP contribution in [0, 0.1) is 6.92 Å². The van der Waals surface area contributed by atoms with Crippen LogP contribution in [0.25, 0.3) is 11.0 Å². The maximum atomic E-state index is 12.5. The molecule has 1 aromatic carbocycles. The molecule has 0 aliphatic rings. The molecule has 0 unspecified atom stereocenters. The van der Waals surface area contributed by atoms with Crippen molar-refractivity contribution < 1.29 is 9.21 Å². The minimum absolute atomic E-state index is 0.124. The molecule has 2 aromatic heterocycles. The number of nitrogens with zero attached hydrogens (tertiary/aromatic N) is 2. The first-order valence-corrected chi connectivity index (χ1v) is 7.14. The summed E-state index contributed by atoms with van der Waals surface area (Å²) in [5.41, 5.74) is 2.36. The number of carbonyl (C=O) groups excluding carboxylic acids is 1. The van der Waals surface area contributed by atoms with Gasteiger partial charge in [-0.15, -0.1) is 0 Å². The van der Waals surface area contributed by atoms with Crippen LogP contribution in [0.1, 0.15) is 21.7 Å². The SMILES string of the molecule is Cc1cc(C(=O)c2cc3c(cc2Br)n(C)c(=O)n3C)co1. The molecule has 0 N–H and O–H groups in total. The van der Waals surface area contributed by atoms with Crippen LogP contribution in [0.4, 0.5) is 0 Å². The van der Waals surface area contributed by atoms with Crippen molar-refractivity contribution >= 4 is 32.7 Å². The summed E-state index contributed by atoms with van der Waals surface area (Å²) >= 11 is 3.41. The first-order valence-electron chi connectivity index (χ1n) is 6.35. The van der Waals surface area contributed by atoms with Gasteiger partial charge in [0.1, 0.15) is 12.0 Å². The van der Waals surface area contributed by atoms with Crippen molar-refractivity contribution in [1.82, 2.24) is 9.13 Å². The zero-order valence-corrected chi connectivity index (χ0v) is 13.4. The van der Waals surface area contributed by atoms with Gasteiger partial charge in [-0.25, -0.2) is 4.79 Å². The molecule has 6 heteroatoms. The van der Waals surface area contributed by atoms with Crippen LogP contribution >= 0.6 is 15.9 Å². The fourth-order valence-electron chi connectivity index (χ4n) is 2.41. The first kappa shape index (κ1) is 13.9. The standard InChI is InChI=1S/C15H13BrN2O3/c1-8-4-9(7-21-8)14(19)10-5-12-13(6-11(10)16)18(3)15(20)17(12)2/h4-7H,1-3H3. The fraction of sp³-hybridized carbons (Fsp3) is 0.200. The molecule has 0 aliphatic heterocycles. The summed E-state index contributed by atoms with van der Waals surface area (Å²) < 4.78 is 8.92. The monoisotopic (exact) mass is 348 g/mol.